The SMILES string of the molecule is CS(=O)CCCNc1nc2ccc(Br)cn2n1. The summed E-state index contributed by atoms with van der Waals surface area (Å²) in [5.74, 6) is 1.30. The van der Waals surface area contributed by atoms with Crippen LogP contribution in [-0.4, -0.2) is 37.4 Å². The second kappa shape index (κ2) is 5.59. The molecular weight excluding hydrogens is 304 g/mol. The summed E-state index contributed by atoms with van der Waals surface area (Å²) in [7, 11) is -0.734. The minimum absolute atomic E-state index is 0.602. The molecule has 0 saturated carbocycles. The Morgan fingerprint density at radius 3 is 3.12 bits per heavy atom. The van der Waals surface area contributed by atoms with Crippen LogP contribution in [0.15, 0.2) is 22.8 Å². The molecule has 17 heavy (non-hydrogen) atoms. The third-order valence-corrected chi connectivity index (χ3v) is 3.52. The molecule has 1 unspecified atom stereocenters. The Morgan fingerprint density at radius 1 is 1.53 bits per heavy atom. The zero-order valence-electron chi connectivity index (χ0n) is 9.39. The molecule has 0 saturated heterocycles. The lowest BCUT2D eigenvalue weighted by atomic mass is 10.5. The highest BCUT2D eigenvalue weighted by Gasteiger charge is 2.02. The summed E-state index contributed by atoms with van der Waals surface area (Å²) in [5, 5.41) is 7.39. The van der Waals surface area contributed by atoms with Crippen molar-refractivity contribution < 1.29 is 4.21 Å². The first-order valence-corrected chi connectivity index (χ1v) is 7.73. The molecule has 0 aromatic carbocycles. The maximum atomic E-state index is 10.9. The van der Waals surface area contributed by atoms with Gasteiger partial charge in [0.05, 0.1) is 0 Å². The van der Waals surface area contributed by atoms with E-state index >= 15 is 0 Å². The van der Waals surface area contributed by atoms with Crippen LogP contribution < -0.4 is 5.32 Å². The molecule has 2 aromatic heterocycles. The lowest BCUT2D eigenvalue weighted by Gasteiger charge is -1.99. The molecule has 2 heterocycles. The monoisotopic (exact) mass is 316 g/mol. The fraction of sp³-hybridized carbons (Fsp3) is 0.400. The number of nitrogens with zero attached hydrogens (tertiary/aromatic N) is 3. The first kappa shape index (κ1) is 12.5. The van der Waals surface area contributed by atoms with E-state index < -0.39 is 10.8 Å². The summed E-state index contributed by atoms with van der Waals surface area (Å²) in [4.78, 5) is 4.31. The van der Waals surface area contributed by atoms with E-state index in [1.165, 1.54) is 0 Å². The Labute approximate surface area is 110 Å². The third-order valence-electron chi connectivity index (χ3n) is 2.19. The van der Waals surface area contributed by atoms with Crippen molar-refractivity contribution in [3.05, 3.63) is 22.8 Å². The molecule has 0 radical (unpaired) electrons. The Morgan fingerprint density at radius 2 is 2.35 bits per heavy atom. The second-order valence-corrected chi connectivity index (χ2v) is 6.11. The van der Waals surface area contributed by atoms with E-state index in [0.717, 1.165) is 23.1 Å². The number of nitrogens with one attached hydrogen (secondary N) is 1. The Bertz CT molecular complexity index is 542. The van der Waals surface area contributed by atoms with Crippen LogP contribution in [0.25, 0.3) is 5.65 Å². The summed E-state index contributed by atoms with van der Waals surface area (Å²) < 4.78 is 13.5. The van der Waals surface area contributed by atoms with Crippen LogP contribution in [0.1, 0.15) is 6.42 Å². The van der Waals surface area contributed by atoms with Gasteiger partial charge in [0.15, 0.2) is 5.65 Å². The molecule has 92 valence electrons. The normalized spacial score (nSPS) is 12.8. The van der Waals surface area contributed by atoms with Gasteiger partial charge in [0.1, 0.15) is 0 Å². The van der Waals surface area contributed by atoms with E-state index in [0.29, 0.717) is 11.7 Å². The van der Waals surface area contributed by atoms with Gasteiger partial charge < -0.3 is 5.32 Å². The van der Waals surface area contributed by atoms with Crippen molar-refractivity contribution in [2.24, 2.45) is 0 Å². The molecule has 0 spiro atoms. The van der Waals surface area contributed by atoms with Gasteiger partial charge in [-0.3, -0.25) is 4.21 Å². The Hall–Kier alpha value is -0.950. The molecule has 0 fully saturated rings. The number of hydrogen-bond donors (Lipinski definition) is 1. The van der Waals surface area contributed by atoms with Crippen LogP contribution >= 0.6 is 15.9 Å². The van der Waals surface area contributed by atoms with Crippen LogP contribution in [-0.2, 0) is 10.8 Å². The van der Waals surface area contributed by atoms with E-state index in [9.17, 15) is 4.21 Å². The lowest BCUT2D eigenvalue weighted by molar-refractivity contribution is 0.685. The first-order valence-electron chi connectivity index (χ1n) is 5.21. The van der Waals surface area contributed by atoms with Crippen molar-refractivity contribution in [3.8, 4) is 0 Å². The molecule has 2 aromatic rings. The molecular formula is C10H13BrN4OS. The van der Waals surface area contributed by atoms with Crippen molar-refractivity contribution in [2.75, 3.05) is 23.9 Å². The van der Waals surface area contributed by atoms with Crippen LogP contribution in [0.4, 0.5) is 5.95 Å². The Kier molecular flexibility index (Phi) is 4.11. The van der Waals surface area contributed by atoms with Gasteiger partial charge in [-0.15, -0.1) is 5.10 Å². The quantitative estimate of drug-likeness (QED) is 0.852. The Balaban J connectivity index is 1.97. The van der Waals surface area contributed by atoms with E-state index in [2.05, 4.69) is 31.3 Å². The highest BCUT2D eigenvalue weighted by atomic mass is 79.9. The minimum Gasteiger partial charge on any atom is -0.353 e. The van der Waals surface area contributed by atoms with Gasteiger partial charge in [0, 0.05) is 40.0 Å². The van der Waals surface area contributed by atoms with Crippen LogP contribution in [0.5, 0.6) is 0 Å². The van der Waals surface area contributed by atoms with Crippen LogP contribution in [0, 0.1) is 0 Å². The molecule has 0 aliphatic heterocycles. The van der Waals surface area contributed by atoms with Gasteiger partial charge >= 0.3 is 0 Å². The number of aromatic nitrogens is 3. The van der Waals surface area contributed by atoms with Crippen LogP contribution in [0.3, 0.4) is 0 Å². The summed E-state index contributed by atoms with van der Waals surface area (Å²) >= 11 is 3.38. The smallest absolute Gasteiger partial charge is 0.243 e. The molecule has 5 nitrogen and oxygen atoms in total. The van der Waals surface area contributed by atoms with Crippen LogP contribution in [0.2, 0.25) is 0 Å². The maximum Gasteiger partial charge on any atom is 0.243 e. The highest BCUT2D eigenvalue weighted by molar-refractivity contribution is 9.10. The lowest BCUT2D eigenvalue weighted by Crippen LogP contribution is -2.07. The third kappa shape index (κ3) is 3.50. The van der Waals surface area contributed by atoms with E-state index in [4.69, 9.17) is 0 Å². The molecule has 7 heteroatoms. The van der Waals surface area contributed by atoms with Gasteiger partial charge in [-0.2, -0.15) is 4.98 Å². The number of halogens is 1. The number of hydrogen-bond acceptors (Lipinski definition) is 4. The maximum absolute atomic E-state index is 10.9. The number of rotatable bonds is 5. The second-order valence-electron chi connectivity index (χ2n) is 3.64. The standard InChI is InChI=1S/C10H13BrN4OS/c1-17(16)6-2-5-12-10-13-9-4-3-8(11)7-15(9)14-10/h3-4,7H,2,5-6H2,1H3,(H,12,14). The topological polar surface area (TPSA) is 59.3 Å². The van der Waals surface area contributed by atoms with Crippen molar-refractivity contribution in [1.82, 2.24) is 14.6 Å². The predicted molar refractivity (Wildman–Crippen MR) is 72.7 cm³/mol. The van der Waals surface area contributed by atoms with Crippen molar-refractivity contribution in [1.29, 1.82) is 0 Å². The molecule has 0 aliphatic carbocycles. The zero-order valence-corrected chi connectivity index (χ0v) is 11.8. The molecule has 1 N–H and O–H groups in total. The van der Waals surface area contributed by atoms with Crippen molar-refractivity contribution in [2.45, 2.75) is 6.42 Å². The first-order chi connectivity index (χ1) is 8.15. The van der Waals surface area contributed by atoms with Crippen molar-refractivity contribution >= 4 is 38.3 Å². The van der Waals surface area contributed by atoms with Gasteiger partial charge in [0.25, 0.3) is 0 Å². The predicted octanol–water partition coefficient (Wildman–Crippen LogP) is 1.67. The molecule has 0 amide bonds. The summed E-state index contributed by atoms with van der Waals surface area (Å²) in [6.45, 7) is 0.734. The van der Waals surface area contributed by atoms with E-state index in [1.807, 2.05) is 18.3 Å². The molecule has 0 aliphatic rings. The fourth-order valence-electron chi connectivity index (χ4n) is 1.41. The molecule has 2 rings (SSSR count). The van der Waals surface area contributed by atoms with Gasteiger partial charge in [-0.25, -0.2) is 4.52 Å². The van der Waals surface area contributed by atoms with E-state index in [-0.39, 0.29) is 0 Å². The average Bonchev–Trinajstić information content (AvgIpc) is 2.66. The number of pyridine rings is 1. The van der Waals surface area contributed by atoms with Crippen molar-refractivity contribution in [3.63, 3.8) is 0 Å². The van der Waals surface area contributed by atoms with Gasteiger partial charge in [-0.05, 0) is 34.5 Å². The summed E-state index contributed by atoms with van der Waals surface area (Å²) in [6, 6.07) is 3.82. The fourth-order valence-corrected chi connectivity index (χ4v) is 2.29. The van der Waals surface area contributed by atoms with Gasteiger partial charge in [0.2, 0.25) is 5.95 Å². The average molecular weight is 317 g/mol. The summed E-state index contributed by atoms with van der Waals surface area (Å²) in [5.41, 5.74) is 0.801. The summed E-state index contributed by atoms with van der Waals surface area (Å²) in [6.07, 6.45) is 4.41. The molecule has 1 atom stereocenters. The van der Waals surface area contributed by atoms with E-state index in [1.54, 1.807) is 10.8 Å². The van der Waals surface area contributed by atoms with Gasteiger partial charge in [-0.1, -0.05) is 0 Å². The largest absolute Gasteiger partial charge is 0.353 e. The molecule has 0 bridgehead atoms. The number of fused-ring (bicyclic) bond motifs is 1. The number of anilines is 1. The highest BCUT2D eigenvalue weighted by Crippen LogP contribution is 2.11. The zero-order chi connectivity index (χ0) is 12.3. The minimum atomic E-state index is -0.734.